The van der Waals surface area contributed by atoms with Crippen molar-refractivity contribution in [3.8, 4) is 0 Å². The Balaban J connectivity index is -0.0000000267. The first-order chi connectivity index (χ1) is 2.00. The van der Waals surface area contributed by atoms with Gasteiger partial charge in [-0.25, -0.2) is 4.57 Å². The molecule has 0 aliphatic rings. The summed E-state index contributed by atoms with van der Waals surface area (Å²) in [6, 6.07) is 0. The smallest absolute Gasteiger partial charge is 0 e. The maximum Gasteiger partial charge on any atom is 0 e. The van der Waals surface area contributed by atoms with E-state index in [1.165, 1.54) is 0 Å². The van der Waals surface area contributed by atoms with Crippen molar-refractivity contribution in [3.05, 3.63) is 0 Å². The average Bonchev–Trinajstić information content (AvgIpc) is 0.722. The van der Waals surface area contributed by atoms with E-state index in [-0.39, 0.29) is 56.0 Å². The van der Waals surface area contributed by atoms with Crippen molar-refractivity contribution >= 4 is 37.4 Å². The molecule has 0 fully saturated rings. The number of phosphoric acid groups is 1. The Bertz CT molecular complexity index is 62.2. The molecule has 0 atom stereocenters. The standard InChI is InChI=1S/F.Na.H3O4P.Ti.H/c;;1-5(2,3)4;;/h;;(H3,1,2,3,4);;. The van der Waals surface area contributed by atoms with Gasteiger partial charge in [0.2, 0.25) is 0 Å². The molecule has 4 nitrogen and oxygen atoms in total. The van der Waals surface area contributed by atoms with Gasteiger partial charge in [0, 0.05) is 26.4 Å². The van der Waals surface area contributed by atoms with E-state index in [2.05, 4.69) is 0 Å². The third kappa shape index (κ3) is 115. The fourth-order valence-electron chi connectivity index (χ4n) is 0. The van der Waals surface area contributed by atoms with Crippen LogP contribution in [0.4, 0.5) is 4.70 Å². The summed E-state index contributed by atoms with van der Waals surface area (Å²) in [6.07, 6.45) is 0. The van der Waals surface area contributed by atoms with E-state index in [9.17, 15) is 0 Å². The zero-order chi connectivity index (χ0) is 4.50. The van der Waals surface area contributed by atoms with E-state index in [4.69, 9.17) is 19.2 Å². The molecule has 0 heterocycles. The van der Waals surface area contributed by atoms with Gasteiger partial charge in [-0.3, -0.25) is 0 Å². The van der Waals surface area contributed by atoms with Crippen LogP contribution >= 0.6 is 7.82 Å². The minimum Gasteiger partial charge on any atom is 0 e. The Hall–Kier alpha value is 1.75. The van der Waals surface area contributed by atoms with Crippen molar-refractivity contribution in [2.45, 2.75) is 0 Å². The molecule has 8 heavy (non-hydrogen) atoms. The van der Waals surface area contributed by atoms with Crippen LogP contribution in [0.3, 0.4) is 0 Å². The summed E-state index contributed by atoms with van der Waals surface area (Å²) in [4.78, 5) is 21.6. The molecular formula is H4FNaO4PTi. The van der Waals surface area contributed by atoms with Gasteiger partial charge in [0.05, 0.1) is 0 Å². The third-order valence-electron chi connectivity index (χ3n) is 0. The second-order valence-corrected chi connectivity index (χ2v) is 1.54. The molecule has 0 aliphatic heterocycles. The van der Waals surface area contributed by atoms with Crippen molar-refractivity contribution in [2.24, 2.45) is 0 Å². The van der Waals surface area contributed by atoms with Crippen LogP contribution in [0, 0.1) is 0 Å². The first kappa shape index (κ1) is 22.6. The monoisotopic (exact) mass is 189 g/mol. The molecule has 0 rings (SSSR count). The molecule has 0 aliphatic carbocycles. The molecule has 45 valence electrons. The zero-order valence-corrected chi connectivity index (χ0v) is 5.53. The van der Waals surface area contributed by atoms with E-state index in [0.717, 1.165) is 0 Å². The van der Waals surface area contributed by atoms with E-state index in [1.807, 2.05) is 0 Å². The van der Waals surface area contributed by atoms with Gasteiger partial charge in [-0.1, -0.05) is 0 Å². The van der Waals surface area contributed by atoms with Crippen molar-refractivity contribution < 1.29 is 45.7 Å². The molecule has 0 saturated heterocycles. The number of rotatable bonds is 0. The quantitative estimate of drug-likeness (QED) is 0.331. The number of halogens is 1. The van der Waals surface area contributed by atoms with Crippen LogP contribution in [0.15, 0.2) is 0 Å². The van der Waals surface area contributed by atoms with Crippen LogP contribution in [0.25, 0.3) is 0 Å². The van der Waals surface area contributed by atoms with Crippen molar-refractivity contribution in [1.29, 1.82) is 0 Å². The van der Waals surface area contributed by atoms with Crippen LogP contribution in [0.1, 0.15) is 0 Å². The molecule has 0 spiro atoms. The fourth-order valence-corrected chi connectivity index (χ4v) is 0. The van der Waals surface area contributed by atoms with Crippen molar-refractivity contribution in [3.63, 3.8) is 0 Å². The maximum atomic E-state index is 8.88. The topological polar surface area (TPSA) is 77.8 Å². The minimum absolute atomic E-state index is 0. The fraction of sp³-hybridized carbons (Fsp3) is 0. The minimum atomic E-state index is -4.64. The number of hydrogen-bond acceptors (Lipinski definition) is 1. The first-order valence-electron chi connectivity index (χ1n) is 0.783. The van der Waals surface area contributed by atoms with Gasteiger partial charge >= 0.3 is 37.4 Å². The van der Waals surface area contributed by atoms with Crippen LogP contribution in [-0.4, -0.2) is 44.2 Å². The molecule has 0 bridgehead atoms. The van der Waals surface area contributed by atoms with E-state index < -0.39 is 7.82 Å². The molecule has 0 amide bonds. The van der Waals surface area contributed by atoms with Gasteiger partial charge in [0.15, 0.2) is 0 Å². The molecule has 0 aromatic heterocycles. The van der Waals surface area contributed by atoms with Gasteiger partial charge in [0.25, 0.3) is 0 Å². The van der Waals surface area contributed by atoms with Crippen LogP contribution in [0.2, 0.25) is 0 Å². The van der Waals surface area contributed by atoms with E-state index in [1.54, 1.807) is 0 Å². The Labute approximate surface area is 82.5 Å². The van der Waals surface area contributed by atoms with Crippen LogP contribution in [-0.2, 0) is 26.3 Å². The Morgan fingerprint density at radius 2 is 1.12 bits per heavy atom. The van der Waals surface area contributed by atoms with Gasteiger partial charge in [-0.2, -0.15) is 0 Å². The summed E-state index contributed by atoms with van der Waals surface area (Å²) in [6.45, 7) is 0. The predicted octanol–water partition coefficient (Wildman–Crippen LogP) is -1.16. The maximum absolute atomic E-state index is 8.88. The summed E-state index contributed by atoms with van der Waals surface area (Å²) in [5, 5.41) is 0. The van der Waals surface area contributed by atoms with Crippen LogP contribution < -0.4 is 0 Å². The van der Waals surface area contributed by atoms with Gasteiger partial charge in [-0.05, 0) is 0 Å². The summed E-state index contributed by atoms with van der Waals surface area (Å²) < 4.78 is 8.88. The summed E-state index contributed by atoms with van der Waals surface area (Å²) in [5.41, 5.74) is 0. The number of hydrogen-bond donors (Lipinski definition) is 3. The molecule has 0 saturated carbocycles. The Morgan fingerprint density at radius 3 is 1.12 bits per heavy atom. The second kappa shape index (κ2) is 8.75. The van der Waals surface area contributed by atoms with Crippen LogP contribution in [0.5, 0.6) is 0 Å². The molecule has 1 radical (unpaired) electrons. The predicted molar refractivity (Wildman–Crippen MR) is 22.5 cm³/mol. The van der Waals surface area contributed by atoms with E-state index in [0.29, 0.717) is 0 Å². The molecule has 0 aromatic carbocycles. The summed E-state index contributed by atoms with van der Waals surface area (Å²) in [7, 11) is -4.64. The molecule has 8 heteroatoms. The van der Waals surface area contributed by atoms with E-state index >= 15 is 0 Å². The van der Waals surface area contributed by atoms with Gasteiger partial charge in [-0.15, -0.1) is 0 Å². The summed E-state index contributed by atoms with van der Waals surface area (Å²) in [5.74, 6) is 0. The normalized spacial score (nSPS) is 7.38. The zero-order valence-electron chi connectivity index (χ0n) is 3.08. The summed E-state index contributed by atoms with van der Waals surface area (Å²) >= 11 is 0. The molecule has 0 aromatic rings. The van der Waals surface area contributed by atoms with Gasteiger partial charge < -0.3 is 14.7 Å². The SMILES string of the molecule is O=P(O)(O)O.[F].[NaH].[Ti]. The second-order valence-electron chi connectivity index (χ2n) is 0.513. The Morgan fingerprint density at radius 1 is 1.12 bits per heavy atom. The van der Waals surface area contributed by atoms with Gasteiger partial charge in [0.1, 0.15) is 0 Å². The molecular weight excluding hydrogens is 185 g/mol. The first-order valence-corrected chi connectivity index (χ1v) is 2.35. The third-order valence-corrected chi connectivity index (χ3v) is 0. The Kier molecular flexibility index (Phi) is 24.7. The largest absolute Gasteiger partial charge is 0 e. The molecule has 0 unspecified atom stereocenters. The van der Waals surface area contributed by atoms with Crippen molar-refractivity contribution in [1.82, 2.24) is 0 Å². The molecule has 3 N–H and O–H groups in total. The van der Waals surface area contributed by atoms with Crippen molar-refractivity contribution in [2.75, 3.05) is 0 Å². The average molecular weight is 189 g/mol.